The average Bonchev–Trinajstić information content (AvgIpc) is 2.37. The van der Waals surface area contributed by atoms with Crippen LogP contribution in [0, 0.1) is 11.8 Å². The summed E-state index contributed by atoms with van der Waals surface area (Å²) in [5.41, 5.74) is 0. The first kappa shape index (κ1) is 12.4. The topological polar surface area (TPSA) is 9.23 Å². The standard InChI is InChI=1S/C15H28O/c1-3-7-14(8-4-1)11-12-16-13-15-9-5-2-6-10-15/h14-15H,1-13H2. The Kier molecular flexibility index (Phi) is 5.68. The van der Waals surface area contributed by atoms with Crippen molar-refractivity contribution in [1.82, 2.24) is 0 Å². The minimum atomic E-state index is 0.889. The van der Waals surface area contributed by atoms with Gasteiger partial charge in [-0.05, 0) is 31.1 Å². The van der Waals surface area contributed by atoms with Gasteiger partial charge in [-0.3, -0.25) is 0 Å². The van der Waals surface area contributed by atoms with E-state index in [9.17, 15) is 0 Å². The summed E-state index contributed by atoms with van der Waals surface area (Å²) in [4.78, 5) is 0. The maximum atomic E-state index is 5.88. The largest absolute Gasteiger partial charge is 0.381 e. The van der Waals surface area contributed by atoms with Crippen molar-refractivity contribution in [1.29, 1.82) is 0 Å². The van der Waals surface area contributed by atoms with E-state index in [1.165, 1.54) is 70.6 Å². The van der Waals surface area contributed by atoms with Crippen LogP contribution in [0.15, 0.2) is 0 Å². The Balaban J connectivity index is 1.47. The fraction of sp³-hybridized carbons (Fsp3) is 1.00. The van der Waals surface area contributed by atoms with Crippen LogP contribution in [0.2, 0.25) is 0 Å². The molecule has 0 aliphatic heterocycles. The lowest BCUT2D eigenvalue weighted by atomic mass is 9.87. The second-order valence-corrected chi connectivity index (χ2v) is 5.87. The van der Waals surface area contributed by atoms with E-state index >= 15 is 0 Å². The summed E-state index contributed by atoms with van der Waals surface area (Å²) in [5.74, 6) is 1.88. The Morgan fingerprint density at radius 3 is 1.88 bits per heavy atom. The van der Waals surface area contributed by atoms with Gasteiger partial charge in [0.05, 0.1) is 0 Å². The quantitative estimate of drug-likeness (QED) is 0.622. The van der Waals surface area contributed by atoms with Crippen LogP contribution in [0.1, 0.15) is 70.6 Å². The van der Waals surface area contributed by atoms with Gasteiger partial charge in [0.1, 0.15) is 0 Å². The third-order valence-electron chi connectivity index (χ3n) is 4.47. The van der Waals surface area contributed by atoms with Crippen molar-refractivity contribution in [3.05, 3.63) is 0 Å². The second kappa shape index (κ2) is 7.32. The zero-order valence-corrected chi connectivity index (χ0v) is 10.8. The fourth-order valence-corrected chi connectivity index (χ4v) is 3.33. The Morgan fingerprint density at radius 1 is 0.688 bits per heavy atom. The van der Waals surface area contributed by atoms with E-state index < -0.39 is 0 Å². The van der Waals surface area contributed by atoms with Gasteiger partial charge in [0, 0.05) is 13.2 Å². The van der Waals surface area contributed by atoms with E-state index in [-0.39, 0.29) is 0 Å². The maximum absolute atomic E-state index is 5.88. The van der Waals surface area contributed by atoms with Crippen LogP contribution >= 0.6 is 0 Å². The van der Waals surface area contributed by atoms with E-state index in [0.29, 0.717) is 0 Å². The molecule has 2 aliphatic rings. The Hall–Kier alpha value is -0.0400. The van der Waals surface area contributed by atoms with Crippen LogP contribution in [0.3, 0.4) is 0 Å². The zero-order chi connectivity index (χ0) is 11.1. The van der Waals surface area contributed by atoms with E-state index in [1.54, 1.807) is 0 Å². The van der Waals surface area contributed by atoms with E-state index in [4.69, 9.17) is 4.74 Å². The van der Waals surface area contributed by atoms with Crippen molar-refractivity contribution >= 4 is 0 Å². The molecule has 1 nitrogen and oxygen atoms in total. The van der Waals surface area contributed by atoms with Gasteiger partial charge < -0.3 is 4.74 Å². The predicted octanol–water partition coefficient (Wildman–Crippen LogP) is 4.55. The summed E-state index contributed by atoms with van der Waals surface area (Å²) < 4.78 is 5.88. The summed E-state index contributed by atoms with van der Waals surface area (Å²) in [6.07, 6.45) is 15.8. The normalized spacial score (nSPS) is 24.8. The molecule has 2 fully saturated rings. The second-order valence-electron chi connectivity index (χ2n) is 5.87. The van der Waals surface area contributed by atoms with Gasteiger partial charge in [0.2, 0.25) is 0 Å². The average molecular weight is 224 g/mol. The van der Waals surface area contributed by atoms with Gasteiger partial charge in [0.15, 0.2) is 0 Å². The monoisotopic (exact) mass is 224 g/mol. The third kappa shape index (κ3) is 4.45. The molecule has 1 heteroatoms. The van der Waals surface area contributed by atoms with E-state index in [2.05, 4.69) is 0 Å². The molecule has 0 heterocycles. The molecule has 0 saturated heterocycles. The molecule has 0 unspecified atom stereocenters. The molecular weight excluding hydrogens is 196 g/mol. The summed E-state index contributed by atoms with van der Waals surface area (Å²) in [7, 11) is 0. The van der Waals surface area contributed by atoms with Crippen molar-refractivity contribution in [2.75, 3.05) is 13.2 Å². The molecule has 2 rings (SSSR count). The lowest BCUT2D eigenvalue weighted by Gasteiger charge is -2.23. The highest BCUT2D eigenvalue weighted by atomic mass is 16.5. The molecule has 0 spiro atoms. The maximum Gasteiger partial charge on any atom is 0.0494 e. The summed E-state index contributed by atoms with van der Waals surface area (Å²) >= 11 is 0. The van der Waals surface area contributed by atoms with Crippen LogP contribution in [0.25, 0.3) is 0 Å². The molecule has 0 atom stereocenters. The minimum absolute atomic E-state index is 0.889. The van der Waals surface area contributed by atoms with Gasteiger partial charge in [-0.2, -0.15) is 0 Å². The Labute approximate surface area is 101 Å². The Bertz CT molecular complexity index is 146. The SMILES string of the molecule is C1CCC(CCOCC2CCCCC2)CC1. The first-order valence-corrected chi connectivity index (χ1v) is 7.53. The van der Waals surface area contributed by atoms with Crippen molar-refractivity contribution < 1.29 is 4.74 Å². The smallest absolute Gasteiger partial charge is 0.0494 e. The van der Waals surface area contributed by atoms with Crippen molar-refractivity contribution in [3.8, 4) is 0 Å². The summed E-state index contributed by atoms with van der Waals surface area (Å²) in [5, 5.41) is 0. The molecule has 0 aromatic rings. The highest BCUT2D eigenvalue weighted by Crippen LogP contribution is 2.27. The summed E-state index contributed by atoms with van der Waals surface area (Å²) in [6.45, 7) is 2.08. The van der Waals surface area contributed by atoms with Crippen molar-refractivity contribution in [2.45, 2.75) is 70.6 Å². The molecular formula is C15H28O. The van der Waals surface area contributed by atoms with Crippen molar-refractivity contribution in [3.63, 3.8) is 0 Å². The van der Waals surface area contributed by atoms with Gasteiger partial charge in [-0.1, -0.05) is 51.4 Å². The lowest BCUT2D eigenvalue weighted by molar-refractivity contribution is 0.0724. The predicted molar refractivity (Wildman–Crippen MR) is 68.6 cm³/mol. The number of hydrogen-bond acceptors (Lipinski definition) is 1. The molecule has 0 amide bonds. The van der Waals surface area contributed by atoms with Gasteiger partial charge in [-0.25, -0.2) is 0 Å². The highest BCUT2D eigenvalue weighted by molar-refractivity contribution is 4.67. The molecule has 0 bridgehead atoms. The van der Waals surface area contributed by atoms with Crippen LogP contribution in [-0.4, -0.2) is 13.2 Å². The lowest BCUT2D eigenvalue weighted by Crippen LogP contribution is -2.15. The third-order valence-corrected chi connectivity index (χ3v) is 4.47. The number of ether oxygens (including phenoxy) is 1. The first-order chi connectivity index (χ1) is 7.95. The molecule has 0 radical (unpaired) electrons. The first-order valence-electron chi connectivity index (χ1n) is 7.53. The van der Waals surface area contributed by atoms with Gasteiger partial charge >= 0.3 is 0 Å². The molecule has 94 valence electrons. The van der Waals surface area contributed by atoms with Crippen LogP contribution in [-0.2, 0) is 4.74 Å². The van der Waals surface area contributed by atoms with Gasteiger partial charge in [-0.15, -0.1) is 0 Å². The molecule has 16 heavy (non-hydrogen) atoms. The molecule has 0 aromatic heterocycles. The Morgan fingerprint density at radius 2 is 1.25 bits per heavy atom. The molecule has 0 N–H and O–H groups in total. The number of hydrogen-bond donors (Lipinski definition) is 0. The molecule has 2 aliphatic carbocycles. The zero-order valence-electron chi connectivity index (χ0n) is 10.8. The summed E-state index contributed by atoms with van der Waals surface area (Å²) in [6, 6.07) is 0. The van der Waals surface area contributed by atoms with Crippen LogP contribution in [0.4, 0.5) is 0 Å². The van der Waals surface area contributed by atoms with Gasteiger partial charge in [0.25, 0.3) is 0 Å². The highest BCUT2D eigenvalue weighted by Gasteiger charge is 2.15. The minimum Gasteiger partial charge on any atom is -0.381 e. The van der Waals surface area contributed by atoms with Crippen LogP contribution in [0.5, 0.6) is 0 Å². The molecule has 0 aromatic carbocycles. The fourth-order valence-electron chi connectivity index (χ4n) is 3.33. The number of rotatable bonds is 5. The van der Waals surface area contributed by atoms with E-state index in [0.717, 1.165) is 25.0 Å². The van der Waals surface area contributed by atoms with E-state index in [1.807, 2.05) is 0 Å². The van der Waals surface area contributed by atoms with Crippen molar-refractivity contribution in [2.24, 2.45) is 11.8 Å². The molecule has 2 saturated carbocycles. The van der Waals surface area contributed by atoms with Crippen LogP contribution < -0.4 is 0 Å².